The second-order valence-corrected chi connectivity index (χ2v) is 9.42. The van der Waals surface area contributed by atoms with Crippen molar-refractivity contribution in [1.29, 1.82) is 0 Å². The highest BCUT2D eigenvalue weighted by atomic mass is 19.4. The third kappa shape index (κ3) is 25.7. The first kappa shape index (κ1) is 41.6. The molecule has 0 aliphatic heterocycles. The van der Waals surface area contributed by atoms with Gasteiger partial charge in [-0.25, -0.2) is 4.79 Å². The Bertz CT molecular complexity index is 881. The van der Waals surface area contributed by atoms with Crippen molar-refractivity contribution in [2.45, 2.75) is 25.4 Å². The molecule has 0 spiro atoms. The maximum atomic E-state index is 12.2. The van der Waals surface area contributed by atoms with Crippen LogP contribution in [0.25, 0.3) is 0 Å². The van der Waals surface area contributed by atoms with Gasteiger partial charge in [0.2, 0.25) is 5.91 Å². The number of benzene rings is 1. The molecule has 13 nitrogen and oxygen atoms in total. The van der Waals surface area contributed by atoms with Gasteiger partial charge in [0, 0.05) is 26.1 Å². The molecule has 0 heterocycles. The van der Waals surface area contributed by atoms with Crippen molar-refractivity contribution in [3.05, 3.63) is 29.8 Å². The van der Waals surface area contributed by atoms with E-state index < -0.39 is 12.1 Å². The molecule has 1 amide bonds. The topological polar surface area (TPSA) is 155 Å². The highest BCUT2D eigenvalue weighted by Crippen LogP contribution is 2.20. The van der Waals surface area contributed by atoms with Gasteiger partial charge < -0.3 is 53.7 Å². The first-order valence-electron chi connectivity index (χ1n) is 15.3. The SMILES string of the molecule is NCCOCCOCCOCCOCCOCCOCCOCCOCCCC(=O)NCCc1ccc(OC(=O)C(F)(F)F)cc1. The van der Waals surface area contributed by atoms with Crippen molar-refractivity contribution < 1.29 is 65.4 Å². The van der Waals surface area contributed by atoms with Crippen LogP contribution in [0.5, 0.6) is 5.75 Å². The second-order valence-electron chi connectivity index (χ2n) is 9.42. The van der Waals surface area contributed by atoms with Gasteiger partial charge in [0.15, 0.2) is 0 Å². The number of carbonyl (C=O) groups excluding carboxylic acids is 2. The van der Waals surface area contributed by atoms with Crippen LogP contribution >= 0.6 is 0 Å². The Labute approximate surface area is 268 Å². The van der Waals surface area contributed by atoms with E-state index in [1.807, 2.05) is 0 Å². The molecule has 0 aliphatic carbocycles. The van der Waals surface area contributed by atoms with Crippen molar-refractivity contribution in [3.8, 4) is 5.75 Å². The zero-order chi connectivity index (χ0) is 33.6. The summed E-state index contributed by atoms with van der Waals surface area (Å²) in [5, 5.41) is 2.77. The third-order valence-electron chi connectivity index (χ3n) is 5.66. The van der Waals surface area contributed by atoms with Gasteiger partial charge in [-0.2, -0.15) is 13.2 Å². The molecule has 0 atom stereocenters. The van der Waals surface area contributed by atoms with E-state index >= 15 is 0 Å². The number of rotatable bonds is 31. The van der Waals surface area contributed by atoms with Crippen LogP contribution in [0.4, 0.5) is 13.2 Å². The Morgan fingerprint density at radius 2 is 1.00 bits per heavy atom. The molecule has 0 bridgehead atoms. The van der Waals surface area contributed by atoms with E-state index in [1.165, 1.54) is 24.3 Å². The van der Waals surface area contributed by atoms with Gasteiger partial charge in [0.05, 0.1) is 99.1 Å². The van der Waals surface area contributed by atoms with Crippen molar-refractivity contribution in [1.82, 2.24) is 5.32 Å². The molecule has 0 saturated carbocycles. The van der Waals surface area contributed by atoms with E-state index in [1.54, 1.807) is 0 Å². The number of nitrogens with one attached hydrogen (secondary N) is 1. The quantitative estimate of drug-likeness (QED) is 0.0671. The third-order valence-corrected chi connectivity index (χ3v) is 5.66. The van der Waals surface area contributed by atoms with E-state index in [0.29, 0.717) is 138 Å². The molecule has 0 radical (unpaired) electrons. The summed E-state index contributed by atoms with van der Waals surface area (Å²) in [5.41, 5.74) is 6.09. The van der Waals surface area contributed by atoms with Gasteiger partial charge in [-0.15, -0.1) is 0 Å². The average Bonchev–Trinajstić information content (AvgIpc) is 3.03. The molecular formula is C30H49F3N2O11. The molecule has 46 heavy (non-hydrogen) atoms. The number of amides is 1. The summed E-state index contributed by atoms with van der Waals surface area (Å²) < 4.78 is 84.1. The number of hydrogen-bond donors (Lipinski definition) is 2. The van der Waals surface area contributed by atoms with Crippen LogP contribution in [0.15, 0.2) is 24.3 Å². The average molecular weight is 671 g/mol. The zero-order valence-corrected chi connectivity index (χ0v) is 26.4. The number of nitrogens with two attached hydrogens (primary N) is 1. The number of ether oxygens (including phenoxy) is 9. The fraction of sp³-hybridized carbons (Fsp3) is 0.733. The maximum absolute atomic E-state index is 12.2. The molecule has 3 N–H and O–H groups in total. The van der Waals surface area contributed by atoms with Gasteiger partial charge in [0.1, 0.15) is 5.75 Å². The molecule has 16 heteroatoms. The molecule has 0 aromatic heterocycles. The molecule has 0 saturated heterocycles. The lowest BCUT2D eigenvalue weighted by Gasteiger charge is -2.09. The van der Waals surface area contributed by atoms with Crippen molar-refractivity contribution in [3.63, 3.8) is 0 Å². The van der Waals surface area contributed by atoms with E-state index in [4.69, 9.17) is 43.6 Å². The summed E-state index contributed by atoms with van der Waals surface area (Å²) in [6.07, 6.45) is -3.73. The molecule has 1 rings (SSSR count). The predicted octanol–water partition coefficient (Wildman–Crippen LogP) is 1.68. The number of carbonyl (C=O) groups is 2. The Morgan fingerprint density at radius 1 is 0.609 bits per heavy atom. The zero-order valence-electron chi connectivity index (χ0n) is 26.4. The van der Waals surface area contributed by atoms with E-state index in [2.05, 4.69) is 10.1 Å². The van der Waals surface area contributed by atoms with Crippen molar-refractivity contribution in [2.24, 2.45) is 5.73 Å². The Kier molecular flexibility index (Phi) is 26.0. The molecule has 0 fully saturated rings. The van der Waals surface area contributed by atoms with Crippen molar-refractivity contribution >= 4 is 11.9 Å². The van der Waals surface area contributed by atoms with E-state index in [-0.39, 0.29) is 11.7 Å². The minimum absolute atomic E-state index is 0.131. The van der Waals surface area contributed by atoms with Gasteiger partial charge >= 0.3 is 12.1 Å². The van der Waals surface area contributed by atoms with Crippen LogP contribution < -0.4 is 15.8 Å². The van der Waals surface area contributed by atoms with Gasteiger partial charge in [0.25, 0.3) is 0 Å². The second kappa shape index (κ2) is 28.8. The monoisotopic (exact) mass is 670 g/mol. The van der Waals surface area contributed by atoms with Crippen LogP contribution in [-0.2, 0) is 53.9 Å². The first-order valence-corrected chi connectivity index (χ1v) is 15.3. The Balaban J connectivity index is 1.78. The maximum Gasteiger partial charge on any atom is 0.491 e. The fourth-order valence-corrected chi connectivity index (χ4v) is 3.38. The van der Waals surface area contributed by atoms with Crippen molar-refractivity contribution in [2.75, 3.05) is 119 Å². The lowest BCUT2D eigenvalue weighted by Crippen LogP contribution is -2.28. The summed E-state index contributed by atoms with van der Waals surface area (Å²) in [6.45, 7) is 8.43. The van der Waals surface area contributed by atoms with E-state index in [0.717, 1.165) is 5.56 Å². The summed E-state index contributed by atoms with van der Waals surface area (Å²) in [6, 6.07) is 5.61. The number of esters is 1. The van der Waals surface area contributed by atoms with Gasteiger partial charge in [-0.1, -0.05) is 12.1 Å². The number of halogens is 3. The first-order chi connectivity index (χ1) is 22.3. The Morgan fingerprint density at radius 3 is 1.39 bits per heavy atom. The van der Waals surface area contributed by atoms with Gasteiger partial charge in [-0.05, 0) is 30.5 Å². The van der Waals surface area contributed by atoms with Crippen LogP contribution in [0.3, 0.4) is 0 Å². The van der Waals surface area contributed by atoms with E-state index in [9.17, 15) is 22.8 Å². The standard InChI is InChI=1S/C30H49F3N2O11/c31-30(32,33)29(37)46-27-5-3-26(4-6-27)7-9-35-28(36)2-1-10-38-12-14-40-16-18-42-20-22-44-24-25-45-23-21-43-19-17-41-15-13-39-11-8-34/h3-6H,1-2,7-25,34H2,(H,35,36). The van der Waals surface area contributed by atoms with Crippen LogP contribution in [0, 0.1) is 0 Å². The lowest BCUT2D eigenvalue weighted by molar-refractivity contribution is -0.189. The summed E-state index contributed by atoms with van der Waals surface area (Å²) >= 11 is 0. The molecular weight excluding hydrogens is 621 g/mol. The normalized spacial score (nSPS) is 11.6. The summed E-state index contributed by atoms with van der Waals surface area (Å²) in [5.74, 6) is -2.61. The van der Waals surface area contributed by atoms with Crippen LogP contribution in [-0.4, -0.2) is 137 Å². The highest BCUT2D eigenvalue weighted by Gasteiger charge is 2.41. The summed E-state index contributed by atoms with van der Waals surface area (Å²) in [7, 11) is 0. The minimum atomic E-state index is -5.05. The lowest BCUT2D eigenvalue weighted by atomic mass is 10.1. The fourth-order valence-electron chi connectivity index (χ4n) is 3.38. The van der Waals surface area contributed by atoms with Crippen LogP contribution in [0.2, 0.25) is 0 Å². The molecule has 1 aromatic carbocycles. The predicted molar refractivity (Wildman–Crippen MR) is 160 cm³/mol. The Hall–Kier alpha value is -2.41. The smallest absolute Gasteiger partial charge is 0.420 e. The highest BCUT2D eigenvalue weighted by molar-refractivity contribution is 5.78. The molecule has 1 aromatic rings. The summed E-state index contributed by atoms with van der Waals surface area (Å²) in [4.78, 5) is 22.8. The minimum Gasteiger partial charge on any atom is -0.420 e. The number of hydrogen-bond acceptors (Lipinski definition) is 12. The van der Waals surface area contributed by atoms with Crippen LogP contribution in [0.1, 0.15) is 18.4 Å². The number of alkyl halides is 3. The molecule has 266 valence electrons. The molecule has 0 aliphatic rings. The van der Waals surface area contributed by atoms with Gasteiger partial charge in [-0.3, -0.25) is 4.79 Å². The molecule has 0 unspecified atom stereocenters. The largest absolute Gasteiger partial charge is 0.491 e.